The second kappa shape index (κ2) is 16.0. The number of aliphatic imine (C=N–C) groups is 1. The summed E-state index contributed by atoms with van der Waals surface area (Å²) in [4.78, 5) is 54.3. The highest BCUT2D eigenvalue weighted by molar-refractivity contribution is 5.94. The number of aliphatic hydroxyl groups is 1. The van der Waals surface area contributed by atoms with Crippen LogP contribution < -0.4 is 33.2 Å². The van der Waals surface area contributed by atoms with Gasteiger partial charge in [-0.25, -0.2) is 4.79 Å². The summed E-state index contributed by atoms with van der Waals surface area (Å²) in [5, 5.41) is 35.8. The number of benzene rings is 1. The molecule has 0 radical (unpaired) electrons. The molecule has 0 spiro atoms. The van der Waals surface area contributed by atoms with E-state index in [4.69, 9.17) is 22.3 Å². The van der Waals surface area contributed by atoms with Gasteiger partial charge in [-0.1, -0.05) is 32.4 Å². The Balaban J connectivity index is 3.10. The first-order valence-corrected chi connectivity index (χ1v) is 12.2. The van der Waals surface area contributed by atoms with E-state index in [9.17, 15) is 29.4 Å². The Labute approximate surface area is 221 Å². The maximum absolute atomic E-state index is 13.2. The topological polar surface area (TPSA) is 255 Å². The molecule has 0 aliphatic heterocycles. The molecule has 38 heavy (non-hydrogen) atoms. The Kier molecular flexibility index (Phi) is 13.6. The van der Waals surface area contributed by atoms with Gasteiger partial charge in [0.1, 0.15) is 29.9 Å². The molecule has 0 saturated carbocycles. The van der Waals surface area contributed by atoms with Gasteiger partial charge in [0.25, 0.3) is 0 Å². The Morgan fingerprint density at radius 3 is 2.11 bits per heavy atom. The van der Waals surface area contributed by atoms with Crippen LogP contribution in [-0.4, -0.2) is 82.3 Å². The van der Waals surface area contributed by atoms with E-state index < -0.39 is 54.5 Å². The molecule has 0 aliphatic rings. The zero-order valence-electron chi connectivity index (χ0n) is 21.6. The second-order valence-electron chi connectivity index (χ2n) is 8.94. The Bertz CT molecular complexity index is 967. The molecular formula is C24H39N7O7. The van der Waals surface area contributed by atoms with Crippen molar-refractivity contribution in [3.63, 3.8) is 0 Å². The van der Waals surface area contributed by atoms with Crippen molar-refractivity contribution in [2.75, 3.05) is 13.2 Å². The minimum atomic E-state index is -1.32. The number of aliphatic hydroxyl groups excluding tert-OH is 1. The van der Waals surface area contributed by atoms with E-state index in [0.717, 1.165) is 0 Å². The maximum Gasteiger partial charge on any atom is 0.326 e. The molecule has 1 rings (SSSR count). The van der Waals surface area contributed by atoms with Crippen LogP contribution in [0.3, 0.4) is 0 Å². The third-order valence-corrected chi connectivity index (χ3v) is 5.90. The quantitative estimate of drug-likeness (QED) is 0.0630. The van der Waals surface area contributed by atoms with Gasteiger partial charge in [-0.05, 0) is 36.5 Å². The molecule has 5 unspecified atom stereocenters. The first-order chi connectivity index (χ1) is 17.9. The monoisotopic (exact) mass is 537 g/mol. The number of nitrogens with two attached hydrogens (primary N) is 3. The van der Waals surface area contributed by atoms with Crippen LogP contribution in [-0.2, 0) is 25.6 Å². The van der Waals surface area contributed by atoms with Crippen LogP contribution in [0.1, 0.15) is 38.7 Å². The fourth-order valence-electron chi connectivity index (χ4n) is 3.42. The van der Waals surface area contributed by atoms with E-state index in [1.807, 2.05) is 6.92 Å². The number of aromatic hydroxyl groups is 1. The lowest BCUT2D eigenvalue weighted by Gasteiger charge is -2.28. The lowest BCUT2D eigenvalue weighted by molar-refractivity contribution is -0.142. The molecule has 3 amide bonds. The van der Waals surface area contributed by atoms with E-state index in [-0.39, 0.29) is 43.4 Å². The normalized spacial score (nSPS) is 14.7. The lowest BCUT2D eigenvalue weighted by Crippen LogP contribution is -2.59. The first-order valence-electron chi connectivity index (χ1n) is 12.2. The molecular weight excluding hydrogens is 498 g/mol. The molecule has 0 aliphatic carbocycles. The largest absolute Gasteiger partial charge is 0.508 e. The number of hydrogen-bond donors (Lipinski definition) is 9. The summed E-state index contributed by atoms with van der Waals surface area (Å²) < 4.78 is 0. The third kappa shape index (κ3) is 11.0. The van der Waals surface area contributed by atoms with E-state index in [0.29, 0.717) is 12.0 Å². The van der Waals surface area contributed by atoms with Gasteiger partial charge >= 0.3 is 5.97 Å². The number of rotatable bonds is 16. The summed E-state index contributed by atoms with van der Waals surface area (Å²) >= 11 is 0. The van der Waals surface area contributed by atoms with E-state index in [2.05, 4.69) is 20.9 Å². The first kappa shape index (κ1) is 32.1. The minimum absolute atomic E-state index is 0.0103. The van der Waals surface area contributed by atoms with Gasteiger partial charge in [0, 0.05) is 13.0 Å². The highest BCUT2D eigenvalue weighted by Crippen LogP contribution is 2.13. The number of nitrogens with zero attached hydrogens (tertiary/aromatic N) is 1. The predicted octanol–water partition coefficient (Wildman–Crippen LogP) is -2.11. The zero-order chi connectivity index (χ0) is 28.8. The fourth-order valence-corrected chi connectivity index (χ4v) is 3.42. The zero-order valence-corrected chi connectivity index (χ0v) is 21.6. The van der Waals surface area contributed by atoms with Crippen molar-refractivity contribution in [2.45, 2.75) is 63.7 Å². The summed E-state index contributed by atoms with van der Waals surface area (Å²) in [5.41, 5.74) is 16.8. The van der Waals surface area contributed by atoms with Crippen molar-refractivity contribution in [3.05, 3.63) is 29.8 Å². The molecule has 0 heterocycles. The number of phenols is 1. The SMILES string of the molecule is CCC(C)C(NC(=O)C(N)CO)C(=O)NC(CCCN=C(N)N)C(=O)NC(Cc1ccc(O)cc1)C(=O)O. The minimum Gasteiger partial charge on any atom is -0.508 e. The molecule has 5 atom stereocenters. The average molecular weight is 538 g/mol. The number of aliphatic carboxylic acids is 1. The maximum atomic E-state index is 13.2. The number of nitrogens with one attached hydrogen (secondary N) is 3. The molecule has 14 nitrogen and oxygen atoms in total. The Morgan fingerprint density at radius 1 is 0.974 bits per heavy atom. The van der Waals surface area contributed by atoms with Gasteiger partial charge in [0.05, 0.1) is 6.61 Å². The number of carboxylic acid groups (broad SMARTS) is 1. The van der Waals surface area contributed by atoms with Crippen LogP contribution in [0.4, 0.5) is 0 Å². The Hall–Kier alpha value is -3.91. The number of guanidine groups is 1. The standard InChI is InChI=1S/C24H39N7O7/c1-3-13(2)19(31-20(34)16(25)12-32)22(36)29-17(5-4-10-28-24(26)27)21(35)30-18(23(37)38)11-14-6-8-15(33)9-7-14/h6-9,13,16-19,32-33H,3-5,10-12,25H2,1-2H3,(H,29,36)(H,30,35)(H,31,34)(H,37,38)(H4,26,27,28). The van der Waals surface area contributed by atoms with Crippen LogP contribution in [0.15, 0.2) is 29.3 Å². The number of hydrogen-bond acceptors (Lipinski definition) is 8. The molecule has 1 aromatic carbocycles. The van der Waals surface area contributed by atoms with Crippen molar-refractivity contribution >= 4 is 29.7 Å². The van der Waals surface area contributed by atoms with Crippen LogP contribution in [0.2, 0.25) is 0 Å². The number of carboxylic acids is 1. The van der Waals surface area contributed by atoms with Crippen molar-refractivity contribution in [1.29, 1.82) is 0 Å². The number of phenolic OH excluding ortho intramolecular Hbond substituents is 1. The van der Waals surface area contributed by atoms with Gasteiger partial charge in [-0.2, -0.15) is 0 Å². The second-order valence-corrected chi connectivity index (χ2v) is 8.94. The highest BCUT2D eigenvalue weighted by atomic mass is 16.4. The van der Waals surface area contributed by atoms with Crippen LogP contribution >= 0.6 is 0 Å². The summed E-state index contributed by atoms with van der Waals surface area (Å²) in [6.07, 6.45) is 0.779. The van der Waals surface area contributed by atoms with E-state index in [1.165, 1.54) is 24.3 Å². The molecule has 0 bridgehead atoms. The van der Waals surface area contributed by atoms with Gasteiger partial charge in [-0.15, -0.1) is 0 Å². The van der Waals surface area contributed by atoms with Gasteiger partial charge < -0.3 is 48.5 Å². The lowest BCUT2D eigenvalue weighted by atomic mass is 9.97. The Morgan fingerprint density at radius 2 is 1.58 bits per heavy atom. The molecule has 12 N–H and O–H groups in total. The van der Waals surface area contributed by atoms with Crippen LogP contribution in [0.25, 0.3) is 0 Å². The van der Waals surface area contributed by atoms with Crippen molar-refractivity contribution in [1.82, 2.24) is 16.0 Å². The molecule has 212 valence electrons. The molecule has 0 saturated heterocycles. The van der Waals surface area contributed by atoms with Gasteiger partial charge in [0.15, 0.2) is 5.96 Å². The average Bonchev–Trinajstić information content (AvgIpc) is 2.88. The van der Waals surface area contributed by atoms with E-state index in [1.54, 1.807) is 6.92 Å². The number of carbonyl (C=O) groups excluding carboxylic acids is 3. The predicted molar refractivity (Wildman–Crippen MR) is 140 cm³/mol. The van der Waals surface area contributed by atoms with Crippen molar-refractivity contribution in [3.8, 4) is 5.75 Å². The van der Waals surface area contributed by atoms with Crippen molar-refractivity contribution in [2.24, 2.45) is 28.1 Å². The summed E-state index contributed by atoms with van der Waals surface area (Å²) in [7, 11) is 0. The van der Waals surface area contributed by atoms with Gasteiger partial charge in [0.2, 0.25) is 17.7 Å². The molecule has 1 aromatic rings. The summed E-state index contributed by atoms with van der Waals surface area (Å²) in [6.45, 7) is 3.08. The number of amides is 3. The highest BCUT2D eigenvalue weighted by Gasteiger charge is 2.32. The fraction of sp³-hybridized carbons (Fsp3) is 0.542. The molecule has 0 fully saturated rings. The third-order valence-electron chi connectivity index (χ3n) is 5.90. The number of carbonyl (C=O) groups is 4. The molecule has 14 heteroatoms. The van der Waals surface area contributed by atoms with Gasteiger partial charge in [-0.3, -0.25) is 19.4 Å². The summed E-state index contributed by atoms with van der Waals surface area (Å²) in [5.74, 6) is -3.94. The molecule has 0 aromatic heterocycles. The smallest absolute Gasteiger partial charge is 0.326 e. The van der Waals surface area contributed by atoms with Crippen LogP contribution in [0.5, 0.6) is 5.75 Å². The van der Waals surface area contributed by atoms with Crippen molar-refractivity contribution < 1.29 is 34.5 Å². The van der Waals surface area contributed by atoms with Crippen LogP contribution in [0, 0.1) is 5.92 Å². The summed E-state index contributed by atoms with van der Waals surface area (Å²) in [6, 6.07) is 1.06. The van der Waals surface area contributed by atoms with E-state index >= 15 is 0 Å².